The third-order valence-corrected chi connectivity index (χ3v) is 4.49. The van der Waals surface area contributed by atoms with E-state index in [2.05, 4.69) is 20.6 Å². The van der Waals surface area contributed by atoms with Crippen molar-refractivity contribution in [2.75, 3.05) is 14.2 Å². The first kappa shape index (κ1) is 18.4. The van der Waals surface area contributed by atoms with Crippen LogP contribution >= 0.6 is 0 Å². The van der Waals surface area contributed by atoms with Gasteiger partial charge in [-0.3, -0.25) is 4.79 Å². The number of benzene rings is 2. The molecule has 0 aliphatic rings. The number of aromatic nitrogens is 4. The van der Waals surface area contributed by atoms with Gasteiger partial charge in [-0.2, -0.15) is 4.68 Å². The molecular formula is C21H19N5O3. The molecule has 4 rings (SSSR count). The number of nitrogens with one attached hydrogen (secondary N) is 1. The Kier molecular flexibility index (Phi) is 5.07. The Morgan fingerprint density at radius 2 is 1.97 bits per heavy atom. The number of fused-ring (bicyclic) bond motifs is 1. The maximum absolute atomic E-state index is 12.7. The first-order valence-corrected chi connectivity index (χ1v) is 8.95. The predicted molar refractivity (Wildman–Crippen MR) is 107 cm³/mol. The van der Waals surface area contributed by atoms with E-state index in [-0.39, 0.29) is 5.91 Å². The summed E-state index contributed by atoms with van der Waals surface area (Å²) >= 11 is 0. The van der Waals surface area contributed by atoms with Crippen molar-refractivity contribution in [1.29, 1.82) is 0 Å². The van der Waals surface area contributed by atoms with Crippen molar-refractivity contribution in [3.05, 3.63) is 71.9 Å². The van der Waals surface area contributed by atoms with Crippen LogP contribution in [0.5, 0.6) is 11.5 Å². The fourth-order valence-corrected chi connectivity index (χ4v) is 3.02. The molecule has 0 radical (unpaired) electrons. The molecule has 2 aromatic heterocycles. The van der Waals surface area contributed by atoms with Crippen LogP contribution in [-0.2, 0) is 6.54 Å². The molecular weight excluding hydrogens is 370 g/mol. The van der Waals surface area contributed by atoms with E-state index in [0.29, 0.717) is 40.5 Å². The van der Waals surface area contributed by atoms with Crippen molar-refractivity contribution >= 4 is 17.1 Å². The number of hydrogen-bond acceptors (Lipinski definition) is 6. The van der Waals surface area contributed by atoms with E-state index < -0.39 is 0 Å². The summed E-state index contributed by atoms with van der Waals surface area (Å²) in [5.41, 5.74) is 3.35. The number of carbonyl (C=O) groups excluding carboxylic acids is 1. The van der Waals surface area contributed by atoms with Crippen LogP contribution in [0.3, 0.4) is 0 Å². The summed E-state index contributed by atoms with van der Waals surface area (Å²) in [5.74, 6) is 1.16. The topological polar surface area (TPSA) is 91.2 Å². The van der Waals surface area contributed by atoms with Gasteiger partial charge in [0.25, 0.3) is 5.91 Å². The van der Waals surface area contributed by atoms with Crippen LogP contribution < -0.4 is 14.8 Å². The minimum absolute atomic E-state index is 0.214. The lowest BCUT2D eigenvalue weighted by molar-refractivity contribution is 0.0950. The Morgan fingerprint density at radius 1 is 1.07 bits per heavy atom. The fourth-order valence-electron chi connectivity index (χ4n) is 3.02. The van der Waals surface area contributed by atoms with Gasteiger partial charge in [0.15, 0.2) is 5.65 Å². The van der Waals surface area contributed by atoms with Crippen molar-refractivity contribution in [2.24, 2.45) is 0 Å². The SMILES string of the molecule is COc1ccc(OC)c(CNC(=O)c2cccc(-n3nnc4cccnc43)c2)c1. The van der Waals surface area contributed by atoms with E-state index >= 15 is 0 Å². The van der Waals surface area contributed by atoms with Crippen LogP contribution in [0.25, 0.3) is 16.9 Å². The molecule has 0 saturated heterocycles. The molecule has 4 aromatic rings. The number of amides is 1. The monoisotopic (exact) mass is 389 g/mol. The fraction of sp³-hybridized carbons (Fsp3) is 0.143. The first-order valence-electron chi connectivity index (χ1n) is 8.95. The number of methoxy groups -OCH3 is 2. The molecule has 8 heteroatoms. The summed E-state index contributed by atoms with van der Waals surface area (Å²) in [4.78, 5) is 17.0. The van der Waals surface area contributed by atoms with E-state index in [1.54, 1.807) is 49.4 Å². The van der Waals surface area contributed by atoms with Gasteiger partial charge in [-0.05, 0) is 48.5 Å². The minimum Gasteiger partial charge on any atom is -0.497 e. The van der Waals surface area contributed by atoms with Crippen LogP contribution in [0.15, 0.2) is 60.8 Å². The molecule has 0 aliphatic heterocycles. The first-order chi connectivity index (χ1) is 14.2. The largest absolute Gasteiger partial charge is 0.497 e. The van der Waals surface area contributed by atoms with Crippen molar-refractivity contribution in [2.45, 2.75) is 6.54 Å². The zero-order chi connectivity index (χ0) is 20.2. The summed E-state index contributed by atoms with van der Waals surface area (Å²) in [5, 5.41) is 11.2. The third kappa shape index (κ3) is 3.73. The minimum atomic E-state index is -0.214. The Morgan fingerprint density at radius 3 is 2.79 bits per heavy atom. The van der Waals surface area contributed by atoms with Crippen molar-refractivity contribution in [3.63, 3.8) is 0 Å². The molecule has 0 aliphatic carbocycles. The lowest BCUT2D eigenvalue weighted by atomic mass is 10.1. The van der Waals surface area contributed by atoms with Crippen LogP contribution in [0.2, 0.25) is 0 Å². The number of carbonyl (C=O) groups is 1. The van der Waals surface area contributed by atoms with Gasteiger partial charge in [0, 0.05) is 23.9 Å². The number of rotatable bonds is 6. The van der Waals surface area contributed by atoms with Gasteiger partial charge in [-0.1, -0.05) is 11.3 Å². The number of hydrogen-bond donors (Lipinski definition) is 1. The second-order valence-electron chi connectivity index (χ2n) is 6.26. The average Bonchev–Trinajstić information content (AvgIpc) is 3.21. The van der Waals surface area contributed by atoms with E-state index in [1.165, 1.54) is 0 Å². The highest BCUT2D eigenvalue weighted by atomic mass is 16.5. The normalized spacial score (nSPS) is 10.7. The Bertz CT molecular complexity index is 1170. The molecule has 0 bridgehead atoms. The van der Waals surface area contributed by atoms with Crippen molar-refractivity contribution in [1.82, 2.24) is 25.3 Å². The predicted octanol–water partition coefficient (Wildman–Crippen LogP) is 2.76. The maximum Gasteiger partial charge on any atom is 0.251 e. The van der Waals surface area contributed by atoms with Gasteiger partial charge >= 0.3 is 0 Å². The Labute approximate surface area is 167 Å². The van der Waals surface area contributed by atoms with Gasteiger partial charge in [0.1, 0.15) is 17.0 Å². The maximum atomic E-state index is 12.7. The standard InChI is InChI=1S/C21H19N5O3/c1-28-17-8-9-19(29-2)15(12-17)13-23-21(27)14-5-3-6-16(11-14)26-20-18(24-25-26)7-4-10-22-20/h3-12H,13H2,1-2H3,(H,23,27). The molecule has 0 unspecified atom stereocenters. The molecule has 1 N–H and O–H groups in total. The van der Waals surface area contributed by atoms with Crippen molar-refractivity contribution < 1.29 is 14.3 Å². The average molecular weight is 389 g/mol. The smallest absolute Gasteiger partial charge is 0.251 e. The number of nitrogens with zero attached hydrogens (tertiary/aromatic N) is 4. The summed E-state index contributed by atoms with van der Waals surface area (Å²) in [7, 11) is 3.19. The zero-order valence-electron chi connectivity index (χ0n) is 16.0. The van der Waals surface area contributed by atoms with Crippen LogP contribution in [0.4, 0.5) is 0 Å². The Hall–Kier alpha value is -3.94. The van der Waals surface area contributed by atoms with Gasteiger partial charge in [0.2, 0.25) is 0 Å². The second kappa shape index (κ2) is 7.97. The highest BCUT2D eigenvalue weighted by Gasteiger charge is 2.12. The van der Waals surface area contributed by atoms with Gasteiger partial charge in [-0.15, -0.1) is 5.10 Å². The molecule has 29 heavy (non-hydrogen) atoms. The highest BCUT2D eigenvalue weighted by Crippen LogP contribution is 2.24. The molecule has 1 amide bonds. The van der Waals surface area contributed by atoms with Crippen LogP contribution in [-0.4, -0.2) is 40.1 Å². The molecule has 2 aromatic carbocycles. The summed E-state index contributed by atoms with van der Waals surface area (Å²) in [6, 6.07) is 16.2. The lowest BCUT2D eigenvalue weighted by Gasteiger charge is -2.12. The number of pyridine rings is 1. The van der Waals surface area contributed by atoms with Crippen LogP contribution in [0.1, 0.15) is 15.9 Å². The van der Waals surface area contributed by atoms with E-state index in [9.17, 15) is 4.79 Å². The molecule has 0 spiro atoms. The number of ether oxygens (including phenoxy) is 2. The molecule has 0 atom stereocenters. The zero-order valence-corrected chi connectivity index (χ0v) is 16.0. The lowest BCUT2D eigenvalue weighted by Crippen LogP contribution is -2.23. The molecule has 0 saturated carbocycles. The van der Waals surface area contributed by atoms with Gasteiger partial charge in [0.05, 0.1) is 19.9 Å². The highest BCUT2D eigenvalue weighted by molar-refractivity contribution is 5.94. The van der Waals surface area contributed by atoms with Gasteiger partial charge in [-0.25, -0.2) is 4.98 Å². The van der Waals surface area contributed by atoms with E-state index in [0.717, 1.165) is 5.56 Å². The molecule has 0 fully saturated rings. The molecule has 146 valence electrons. The summed E-state index contributed by atoms with van der Waals surface area (Å²) < 4.78 is 12.2. The second-order valence-corrected chi connectivity index (χ2v) is 6.26. The molecule has 8 nitrogen and oxygen atoms in total. The van der Waals surface area contributed by atoms with E-state index in [1.807, 2.05) is 30.3 Å². The summed E-state index contributed by atoms with van der Waals surface area (Å²) in [6.45, 7) is 0.303. The molecule has 2 heterocycles. The quantitative estimate of drug-likeness (QED) is 0.545. The summed E-state index contributed by atoms with van der Waals surface area (Å²) in [6.07, 6.45) is 1.68. The Balaban J connectivity index is 1.55. The van der Waals surface area contributed by atoms with Crippen LogP contribution in [0, 0.1) is 0 Å². The van der Waals surface area contributed by atoms with Gasteiger partial charge < -0.3 is 14.8 Å². The third-order valence-electron chi connectivity index (χ3n) is 4.49. The van der Waals surface area contributed by atoms with Crippen molar-refractivity contribution in [3.8, 4) is 17.2 Å². The van der Waals surface area contributed by atoms with E-state index in [4.69, 9.17) is 9.47 Å².